The summed E-state index contributed by atoms with van der Waals surface area (Å²) in [5, 5.41) is 0. The zero-order valence-corrected chi connectivity index (χ0v) is 13.2. The maximum absolute atomic E-state index is 6.02. The number of likely N-dealkylation sites (N-methyl/N-ethyl adjacent to an activating group) is 1. The number of nitrogens with zero attached hydrogens (tertiary/aromatic N) is 1. The van der Waals surface area contributed by atoms with Crippen molar-refractivity contribution in [2.45, 2.75) is 44.2 Å². The number of thiocarbonyl (C=S) groups is 1. The van der Waals surface area contributed by atoms with E-state index in [1.807, 2.05) is 18.2 Å². The molecule has 0 amide bonds. The molecular formula is C16H24N2OS. The van der Waals surface area contributed by atoms with Crippen LogP contribution in [0.2, 0.25) is 0 Å². The molecule has 0 aliphatic heterocycles. The van der Waals surface area contributed by atoms with Crippen LogP contribution in [0.3, 0.4) is 0 Å². The van der Waals surface area contributed by atoms with E-state index in [1.54, 1.807) is 7.11 Å². The first-order valence-electron chi connectivity index (χ1n) is 7.28. The Morgan fingerprint density at radius 3 is 2.65 bits per heavy atom. The van der Waals surface area contributed by atoms with E-state index >= 15 is 0 Å². The summed E-state index contributed by atoms with van der Waals surface area (Å²) in [4.78, 5) is 2.88. The van der Waals surface area contributed by atoms with Gasteiger partial charge in [-0.2, -0.15) is 0 Å². The molecule has 1 aromatic carbocycles. The second kappa shape index (κ2) is 7.04. The van der Waals surface area contributed by atoms with Crippen LogP contribution in [-0.2, 0) is 0 Å². The highest BCUT2D eigenvalue weighted by Crippen LogP contribution is 2.30. The van der Waals surface area contributed by atoms with Crippen molar-refractivity contribution in [1.82, 2.24) is 4.90 Å². The van der Waals surface area contributed by atoms with Crippen molar-refractivity contribution in [2.24, 2.45) is 5.73 Å². The summed E-state index contributed by atoms with van der Waals surface area (Å²) in [6, 6.07) is 8.61. The quantitative estimate of drug-likeness (QED) is 0.845. The first-order valence-corrected chi connectivity index (χ1v) is 7.69. The van der Waals surface area contributed by atoms with E-state index in [9.17, 15) is 0 Å². The molecule has 0 saturated heterocycles. The predicted molar refractivity (Wildman–Crippen MR) is 87.2 cm³/mol. The summed E-state index contributed by atoms with van der Waals surface area (Å²) >= 11 is 5.32. The second-order valence-corrected chi connectivity index (χ2v) is 6.01. The van der Waals surface area contributed by atoms with E-state index < -0.39 is 0 Å². The Morgan fingerprint density at radius 1 is 1.35 bits per heavy atom. The molecule has 0 aromatic heterocycles. The highest BCUT2D eigenvalue weighted by molar-refractivity contribution is 7.80. The fourth-order valence-electron chi connectivity index (χ4n) is 3.11. The molecule has 3 nitrogen and oxygen atoms in total. The number of hydrogen-bond acceptors (Lipinski definition) is 3. The summed E-state index contributed by atoms with van der Waals surface area (Å²) in [6.45, 7) is 0. The number of hydrogen-bond donors (Lipinski definition) is 1. The van der Waals surface area contributed by atoms with Crippen LogP contribution in [0.5, 0.6) is 5.75 Å². The van der Waals surface area contributed by atoms with Crippen LogP contribution >= 0.6 is 12.2 Å². The van der Waals surface area contributed by atoms with Gasteiger partial charge in [0.25, 0.3) is 0 Å². The maximum atomic E-state index is 6.02. The molecule has 1 aliphatic rings. The van der Waals surface area contributed by atoms with Crippen LogP contribution in [0.25, 0.3) is 0 Å². The SMILES string of the molecule is COc1cccc(C(C(N)=S)N(C)C2CCCCC2)c1. The van der Waals surface area contributed by atoms with E-state index in [4.69, 9.17) is 22.7 Å². The maximum Gasteiger partial charge on any atom is 0.119 e. The predicted octanol–water partition coefficient (Wildman–Crippen LogP) is 3.29. The largest absolute Gasteiger partial charge is 0.497 e. The van der Waals surface area contributed by atoms with Gasteiger partial charge in [0.1, 0.15) is 5.75 Å². The molecule has 0 heterocycles. The molecule has 2 N–H and O–H groups in total. The van der Waals surface area contributed by atoms with Crippen molar-refractivity contribution in [3.8, 4) is 5.75 Å². The van der Waals surface area contributed by atoms with Crippen molar-refractivity contribution in [3.63, 3.8) is 0 Å². The van der Waals surface area contributed by atoms with Gasteiger partial charge in [0.15, 0.2) is 0 Å². The monoisotopic (exact) mass is 292 g/mol. The fourth-order valence-corrected chi connectivity index (χ4v) is 3.41. The molecule has 0 spiro atoms. The average molecular weight is 292 g/mol. The molecule has 1 fully saturated rings. The molecule has 20 heavy (non-hydrogen) atoms. The molecule has 0 bridgehead atoms. The summed E-state index contributed by atoms with van der Waals surface area (Å²) in [5.41, 5.74) is 7.13. The lowest BCUT2D eigenvalue weighted by Crippen LogP contribution is -2.41. The van der Waals surface area contributed by atoms with Gasteiger partial charge < -0.3 is 10.5 Å². The summed E-state index contributed by atoms with van der Waals surface area (Å²) < 4.78 is 5.31. The summed E-state index contributed by atoms with van der Waals surface area (Å²) in [6.07, 6.45) is 6.43. The van der Waals surface area contributed by atoms with Crippen molar-refractivity contribution in [3.05, 3.63) is 29.8 Å². The molecular weight excluding hydrogens is 268 g/mol. The highest BCUT2D eigenvalue weighted by Gasteiger charge is 2.27. The number of methoxy groups -OCH3 is 1. The Balaban J connectivity index is 2.22. The van der Waals surface area contributed by atoms with Crippen LogP contribution in [0.15, 0.2) is 24.3 Å². The van der Waals surface area contributed by atoms with Crippen molar-refractivity contribution < 1.29 is 4.74 Å². The topological polar surface area (TPSA) is 38.5 Å². The van der Waals surface area contributed by atoms with E-state index in [2.05, 4.69) is 18.0 Å². The summed E-state index contributed by atoms with van der Waals surface area (Å²) in [7, 11) is 3.82. The van der Waals surface area contributed by atoms with Gasteiger partial charge >= 0.3 is 0 Å². The van der Waals surface area contributed by atoms with E-state index in [1.165, 1.54) is 32.1 Å². The Labute approximate surface area is 127 Å². The van der Waals surface area contributed by atoms with Gasteiger partial charge in [-0.3, -0.25) is 4.90 Å². The molecule has 2 rings (SSSR count). The highest BCUT2D eigenvalue weighted by atomic mass is 32.1. The van der Waals surface area contributed by atoms with Crippen LogP contribution in [0, 0.1) is 0 Å². The Kier molecular flexibility index (Phi) is 5.38. The van der Waals surface area contributed by atoms with Gasteiger partial charge in [-0.25, -0.2) is 0 Å². The van der Waals surface area contributed by atoms with Gasteiger partial charge in [0.2, 0.25) is 0 Å². The number of benzene rings is 1. The lowest BCUT2D eigenvalue weighted by atomic mass is 9.92. The van der Waals surface area contributed by atoms with Crippen LogP contribution in [-0.4, -0.2) is 30.1 Å². The minimum atomic E-state index is -0.0109. The first kappa shape index (κ1) is 15.3. The molecule has 1 aromatic rings. The first-order chi connectivity index (χ1) is 9.63. The smallest absolute Gasteiger partial charge is 0.119 e. The summed E-state index contributed by atoms with van der Waals surface area (Å²) in [5.74, 6) is 0.848. The fraction of sp³-hybridized carbons (Fsp3) is 0.562. The van der Waals surface area contributed by atoms with Crippen LogP contribution < -0.4 is 10.5 Å². The minimum Gasteiger partial charge on any atom is -0.497 e. The third kappa shape index (κ3) is 3.49. The Bertz CT molecular complexity index is 458. The number of ether oxygens (including phenoxy) is 1. The molecule has 0 radical (unpaired) electrons. The third-order valence-electron chi connectivity index (χ3n) is 4.24. The van der Waals surface area contributed by atoms with Gasteiger partial charge in [-0.15, -0.1) is 0 Å². The molecule has 4 heteroatoms. The molecule has 1 aliphatic carbocycles. The van der Waals surface area contributed by atoms with Gasteiger partial charge in [-0.1, -0.05) is 43.6 Å². The zero-order valence-electron chi connectivity index (χ0n) is 12.3. The molecule has 1 atom stereocenters. The molecule has 1 saturated carbocycles. The average Bonchev–Trinajstić information content (AvgIpc) is 2.48. The third-order valence-corrected chi connectivity index (χ3v) is 4.46. The van der Waals surface area contributed by atoms with Crippen LogP contribution in [0.4, 0.5) is 0 Å². The van der Waals surface area contributed by atoms with Crippen LogP contribution in [0.1, 0.15) is 43.7 Å². The van der Waals surface area contributed by atoms with Crippen molar-refractivity contribution >= 4 is 17.2 Å². The Morgan fingerprint density at radius 2 is 2.05 bits per heavy atom. The Hall–Kier alpha value is -1.13. The minimum absolute atomic E-state index is 0.0109. The molecule has 1 unspecified atom stereocenters. The zero-order chi connectivity index (χ0) is 14.5. The normalized spacial score (nSPS) is 17.9. The standard InChI is InChI=1S/C16H24N2OS/c1-18(13-8-4-3-5-9-13)15(16(17)20)12-7-6-10-14(11-12)19-2/h6-7,10-11,13,15H,3-5,8-9H2,1-2H3,(H2,17,20). The number of rotatable bonds is 5. The van der Waals surface area contributed by atoms with Gasteiger partial charge in [0, 0.05) is 6.04 Å². The van der Waals surface area contributed by atoms with Crippen molar-refractivity contribution in [1.29, 1.82) is 0 Å². The van der Waals surface area contributed by atoms with Gasteiger partial charge in [0.05, 0.1) is 18.1 Å². The van der Waals surface area contributed by atoms with Crippen molar-refractivity contribution in [2.75, 3.05) is 14.2 Å². The van der Waals surface area contributed by atoms with E-state index in [-0.39, 0.29) is 6.04 Å². The second-order valence-electron chi connectivity index (χ2n) is 5.54. The lowest BCUT2D eigenvalue weighted by molar-refractivity contribution is 0.170. The number of nitrogens with two attached hydrogens (primary N) is 1. The van der Waals surface area contributed by atoms with Gasteiger partial charge in [-0.05, 0) is 37.6 Å². The lowest BCUT2D eigenvalue weighted by Gasteiger charge is -2.37. The van der Waals surface area contributed by atoms with E-state index in [0.29, 0.717) is 11.0 Å². The molecule has 110 valence electrons. The van der Waals surface area contributed by atoms with E-state index in [0.717, 1.165) is 11.3 Å².